The van der Waals surface area contributed by atoms with Gasteiger partial charge in [-0.3, -0.25) is 0 Å². The van der Waals surface area contributed by atoms with E-state index in [4.69, 9.17) is 0 Å². The van der Waals surface area contributed by atoms with Gasteiger partial charge in [0.15, 0.2) is 0 Å². The van der Waals surface area contributed by atoms with Gasteiger partial charge in [-0.05, 0) is 87.4 Å². The molecule has 6 rings (SSSR count). The summed E-state index contributed by atoms with van der Waals surface area (Å²) in [5, 5.41) is 33.2. The van der Waals surface area contributed by atoms with E-state index < -0.39 is 18.0 Å². The molecular formula is C46H46Ac3F2N2O7. The quantitative estimate of drug-likeness (QED) is 0.0511. The fraction of sp³-hybridized carbons (Fsp3) is 0.217. The molecule has 305 valence electrons. The Balaban J connectivity index is 0.000000394. The van der Waals surface area contributed by atoms with Crippen molar-refractivity contribution < 1.29 is 175 Å². The van der Waals surface area contributed by atoms with Crippen molar-refractivity contribution >= 4 is 39.8 Å². The topological polar surface area (TPSA) is 123 Å². The summed E-state index contributed by atoms with van der Waals surface area (Å²) in [7, 11) is 2.46. The summed E-state index contributed by atoms with van der Waals surface area (Å²) in [6.45, 7) is 8.15. The second kappa shape index (κ2) is 25.2. The molecule has 0 aliphatic carbocycles. The zero-order valence-corrected chi connectivity index (χ0v) is 48.6. The van der Waals surface area contributed by atoms with Crippen molar-refractivity contribution in [3.63, 3.8) is 0 Å². The fourth-order valence-electron chi connectivity index (χ4n) is 6.95. The predicted molar refractivity (Wildman–Crippen MR) is 220 cm³/mol. The number of carbonyl (C=O) groups is 2. The number of hydrogen-bond donors (Lipinski definition) is 3. The zero-order valence-electron chi connectivity index (χ0n) is 34.3. The predicted octanol–water partition coefficient (Wildman–Crippen LogP) is 10.7. The third kappa shape index (κ3) is 13.2. The Labute approximate surface area is 456 Å². The summed E-state index contributed by atoms with van der Waals surface area (Å²) in [6.07, 6.45) is 3.92. The number of ether oxygens (including phenoxy) is 2. The molecule has 3 N–H and O–H groups in total. The number of aliphatic hydroxyl groups is 3. The molecule has 0 aliphatic rings. The Morgan fingerprint density at radius 1 is 0.650 bits per heavy atom. The van der Waals surface area contributed by atoms with Gasteiger partial charge in [-0.25, -0.2) is 18.4 Å². The van der Waals surface area contributed by atoms with Crippen molar-refractivity contribution in [3.05, 3.63) is 150 Å². The van der Waals surface area contributed by atoms with Crippen molar-refractivity contribution in [2.75, 3.05) is 14.2 Å². The average Bonchev–Trinajstić information content (AvgIpc) is 3.71. The molecule has 0 bridgehead atoms. The van der Waals surface area contributed by atoms with Gasteiger partial charge >= 0.3 is 11.9 Å². The summed E-state index contributed by atoms with van der Waals surface area (Å²) in [6, 6.07) is 28.3. The number of para-hydroxylation sites is 2. The van der Waals surface area contributed by atoms with Crippen LogP contribution in [-0.2, 0) is 19.1 Å². The second-order valence-electron chi connectivity index (χ2n) is 13.8. The van der Waals surface area contributed by atoms with Gasteiger partial charge in [-0.15, -0.1) is 0 Å². The van der Waals surface area contributed by atoms with E-state index in [0.29, 0.717) is 5.69 Å². The summed E-state index contributed by atoms with van der Waals surface area (Å²) in [4.78, 5) is 22.7. The fourth-order valence-corrected chi connectivity index (χ4v) is 6.95. The van der Waals surface area contributed by atoms with Gasteiger partial charge < -0.3 is 33.9 Å². The third-order valence-electron chi connectivity index (χ3n) is 9.28. The van der Waals surface area contributed by atoms with Crippen LogP contribution in [0.15, 0.2) is 127 Å². The van der Waals surface area contributed by atoms with Crippen LogP contribution in [-0.4, -0.2) is 50.6 Å². The van der Waals surface area contributed by atoms with Gasteiger partial charge in [0.25, 0.3) is 0 Å². The van der Waals surface area contributed by atoms with Crippen LogP contribution >= 0.6 is 0 Å². The first-order valence-corrected chi connectivity index (χ1v) is 18.3. The number of carbonyl (C=O) groups excluding carboxylic acids is 2. The number of esters is 2. The molecule has 14 heteroatoms. The van der Waals surface area contributed by atoms with E-state index in [2.05, 4.69) is 27.9 Å². The van der Waals surface area contributed by atoms with Gasteiger partial charge in [0.2, 0.25) is 0 Å². The number of fused-ring (bicyclic) bond motifs is 2. The van der Waals surface area contributed by atoms with Gasteiger partial charge in [-0.1, -0.05) is 60.7 Å². The van der Waals surface area contributed by atoms with Gasteiger partial charge in [0.05, 0.1) is 37.8 Å². The first-order chi connectivity index (χ1) is 27.2. The molecule has 9 nitrogen and oxygen atoms in total. The smallest absolute Gasteiger partial charge is 0.334 e. The maximum absolute atomic E-state index is 13.5. The van der Waals surface area contributed by atoms with Crippen molar-refractivity contribution in [3.8, 4) is 22.3 Å². The molecule has 0 fully saturated rings. The Bertz CT molecular complexity index is 2470. The zero-order chi connectivity index (χ0) is 41.4. The largest absolute Gasteiger partial charge is 0.512 e. The number of aromatic nitrogens is 2. The molecule has 0 saturated heterocycles. The minimum absolute atomic E-state index is 0. The summed E-state index contributed by atoms with van der Waals surface area (Å²) in [5.41, 5.74) is 6.74. The first kappa shape index (κ1) is 54.0. The molecular weight excluding hydrogens is 1410 g/mol. The number of halogens is 2. The first-order valence-electron chi connectivity index (χ1n) is 18.3. The van der Waals surface area contributed by atoms with Crippen molar-refractivity contribution in [1.82, 2.24) is 9.13 Å². The van der Waals surface area contributed by atoms with Gasteiger partial charge in [0, 0.05) is 184 Å². The molecule has 2 heterocycles. The van der Waals surface area contributed by atoms with E-state index in [9.17, 15) is 33.7 Å². The molecule has 1 atom stereocenters. The van der Waals surface area contributed by atoms with Gasteiger partial charge in [-0.2, -0.15) is 0 Å². The van der Waals surface area contributed by atoms with E-state index in [-0.39, 0.29) is 174 Å². The van der Waals surface area contributed by atoms with Gasteiger partial charge in [0.1, 0.15) is 29.3 Å². The van der Waals surface area contributed by atoms with Crippen LogP contribution in [0.3, 0.4) is 0 Å². The molecule has 60 heavy (non-hydrogen) atoms. The van der Waals surface area contributed by atoms with Crippen LogP contribution in [0, 0.1) is 144 Å². The number of benzene rings is 4. The molecule has 6 aromatic rings. The molecule has 1 unspecified atom stereocenters. The Morgan fingerprint density at radius 2 is 1.08 bits per heavy atom. The van der Waals surface area contributed by atoms with Crippen LogP contribution in [0.1, 0.15) is 63.7 Å². The Morgan fingerprint density at radius 3 is 1.57 bits per heavy atom. The average molecular weight is 1460 g/mol. The number of aliphatic hydroxyl groups excluding tert-OH is 3. The number of methoxy groups -OCH3 is 2. The van der Waals surface area contributed by atoms with E-state index in [1.165, 1.54) is 44.6 Å². The molecule has 2 aromatic heterocycles. The monoisotopic (exact) mass is 1460 g/mol. The van der Waals surface area contributed by atoms with Crippen LogP contribution in [0.25, 0.3) is 50.1 Å². The summed E-state index contributed by atoms with van der Waals surface area (Å²) < 4.78 is 40.2. The Kier molecular flexibility index (Phi) is 22.7. The molecule has 3 radical (unpaired) electrons. The third-order valence-corrected chi connectivity index (χ3v) is 9.28. The maximum Gasteiger partial charge on any atom is 0.334 e. The van der Waals surface area contributed by atoms with E-state index >= 15 is 0 Å². The number of allylic oxidation sites excluding steroid dienone is 1. The molecule has 0 spiro atoms. The van der Waals surface area contributed by atoms with E-state index in [1.807, 2.05) is 66.9 Å². The number of rotatable bonds is 11. The Hall–Kier alpha value is -2.14. The van der Waals surface area contributed by atoms with Crippen molar-refractivity contribution in [2.24, 2.45) is 0 Å². The number of nitrogens with zero attached hydrogens (tertiary/aromatic N) is 2. The maximum atomic E-state index is 13.5. The normalized spacial score (nSPS) is 12.1. The van der Waals surface area contributed by atoms with Crippen molar-refractivity contribution in [1.29, 1.82) is 0 Å². The minimum Gasteiger partial charge on any atom is -0.512 e. The second-order valence-corrected chi connectivity index (χ2v) is 13.8. The van der Waals surface area contributed by atoms with Crippen LogP contribution in [0.5, 0.6) is 0 Å². The molecule has 0 aliphatic heterocycles. The van der Waals surface area contributed by atoms with E-state index in [1.54, 1.807) is 30.3 Å². The van der Waals surface area contributed by atoms with Crippen LogP contribution < -0.4 is 0 Å². The summed E-state index contributed by atoms with van der Waals surface area (Å²) in [5.74, 6) is -2.47. The minimum atomic E-state index is -1.09. The van der Waals surface area contributed by atoms with E-state index in [0.717, 1.165) is 61.9 Å². The number of hydrogen-bond acceptors (Lipinski definition) is 7. The standard InChI is InChI=1S/C23H24FNO4.C23H22FNO3.3Ac/c1-14(2)25-19-7-5-4-6-18(19)22(15-8-10-16(24)11-9-15)23(25)20(27)12-17(26)13-21(28)29-3;1-15(2)25-20-7-5-4-6-19(20)23(16-8-10-17(24)11-9-16)21(25)13-12-18(26)14-22(27)28-3;;;/h4-11,13-14,20,26-27H,12H2,1-3H3;4-15,26H,1-3H3;;;/b17-13-;13-12+,18-14-;;;. The SMILES string of the molecule is COC(=O)/C=C(O)/C=C/c1c(-c2ccc(F)cc2)c2ccccc2n1C(C)C.COC(=O)/C=C(\O)CC(O)c1c(-c2ccc(F)cc2)c2ccccc2n1C(C)C.[Ac].[Ac].[Ac]. The van der Waals surface area contributed by atoms with Crippen LogP contribution in [0.4, 0.5) is 8.78 Å². The van der Waals surface area contributed by atoms with Crippen molar-refractivity contribution in [2.45, 2.75) is 52.3 Å². The summed E-state index contributed by atoms with van der Waals surface area (Å²) >= 11 is 0. The molecule has 0 amide bonds. The van der Waals surface area contributed by atoms with Crippen LogP contribution in [0.2, 0.25) is 0 Å². The molecule has 4 aromatic carbocycles. The molecule has 0 saturated carbocycles.